The minimum Gasteiger partial charge on any atom is -0.323 e. The van der Waals surface area contributed by atoms with Crippen molar-refractivity contribution in [3.8, 4) is 0 Å². The number of pyridine rings is 1. The van der Waals surface area contributed by atoms with Crippen LogP contribution in [0.4, 0.5) is 14.9 Å². The van der Waals surface area contributed by atoms with Gasteiger partial charge in [0.15, 0.2) is 0 Å². The van der Waals surface area contributed by atoms with Gasteiger partial charge in [-0.1, -0.05) is 0 Å². The Morgan fingerprint density at radius 2 is 1.89 bits per heavy atom. The molecule has 3 rings (SSSR count). The summed E-state index contributed by atoms with van der Waals surface area (Å²) in [5.41, 5.74) is 5.29. The number of carbonyl (C=O) groups excluding carboxylic acids is 3. The van der Waals surface area contributed by atoms with E-state index in [2.05, 4.69) is 21.2 Å². The number of nitrogens with zero attached hydrogens (tertiary/aromatic N) is 2. The van der Waals surface area contributed by atoms with Crippen molar-refractivity contribution in [3.05, 3.63) is 60.2 Å². The van der Waals surface area contributed by atoms with Crippen LogP contribution in [0.15, 0.2) is 48.8 Å². The number of carbonyl (C=O) groups is 3. The Bertz CT molecular complexity index is 829. The molecule has 1 fully saturated rings. The fraction of sp³-hybridized carbons (Fsp3) is 0.222. The van der Waals surface area contributed by atoms with Crippen LogP contribution in [-0.4, -0.2) is 40.3 Å². The fourth-order valence-electron chi connectivity index (χ4n) is 2.80. The highest BCUT2D eigenvalue weighted by Gasteiger charge is 2.34. The first-order valence-electron chi connectivity index (χ1n) is 8.38. The third kappa shape index (κ3) is 4.57. The van der Waals surface area contributed by atoms with E-state index in [9.17, 15) is 18.8 Å². The predicted octanol–water partition coefficient (Wildman–Crippen LogP) is 1.68. The first kappa shape index (κ1) is 18.3. The lowest BCUT2D eigenvalue weighted by Crippen LogP contribution is -2.52. The van der Waals surface area contributed by atoms with Crippen LogP contribution >= 0.6 is 0 Å². The van der Waals surface area contributed by atoms with Gasteiger partial charge in [-0.3, -0.25) is 20.0 Å². The summed E-state index contributed by atoms with van der Waals surface area (Å²) in [6.07, 6.45) is 4.30. The quantitative estimate of drug-likeness (QED) is 0.714. The summed E-state index contributed by atoms with van der Waals surface area (Å²) in [4.78, 5) is 42.0. The van der Waals surface area contributed by atoms with Gasteiger partial charge in [-0.15, -0.1) is 0 Å². The Morgan fingerprint density at radius 1 is 1.11 bits per heavy atom. The molecule has 4 amide bonds. The van der Waals surface area contributed by atoms with Gasteiger partial charge in [0.25, 0.3) is 5.91 Å². The molecule has 1 unspecified atom stereocenters. The van der Waals surface area contributed by atoms with Gasteiger partial charge in [0.05, 0.1) is 11.9 Å². The molecule has 9 heteroatoms. The summed E-state index contributed by atoms with van der Waals surface area (Å²) in [5, 5.41) is 2.72. The smallest absolute Gasteiger partial charge is 0.323 e. The van der Waals surface area contributed by atoms with Crippen LogP contribution in [0.5, 0.6) is 0 Å². The number of rotatable bonds is 3. The van der Waals surface area contributed by atoms with Crippen LogP contribution in [-0.2, 0) is 4.79 Å². The summed E-state index contributed by atoms with van der Waals surface area (Å²) in [6.45, 7) is 0.392. The lowest BCUT2D eigenvalue weighted by atomic mass is 10.2. The molecule has 1 atom stereocenters. The second kappa shape index (κ2) is 8.26. The number of amides is 4. The van der Waals surface area contributed by atoms with E-state index in [1.165, 1.54) is 23.2 Å². The molecule has 2 aromatic rings. The number of anilines is 1. The van der Waals surface area contributed by atoms with Crippen molar-refractivity contribution in [2.24, 2.45) is 0 Å². The Kier molecular flexibility index (Phi) is 5.60. The molecule has 0 aliphatic carbocycles. The van der Waals surface area contributed by atoms with Crippen molar-refractivity contribution in [3.63, 3.8) is 0 Å². The van der Waals surface area contributed by atoms with Gasteiger partial charge in [0.1, 0.15) is 11.9 Å². The third-order valence-corrected chi connectivity index (χ3v) is 4.13. The molecule has 1 aliphatic rings. The maximum Gasteiger partial charge on any atom is 0.336 e. The first-order chi connectivity index (χ1) is 13.0. The van der Waals surface area contributed by atoms with E-state index in [0.29, 0.717) is 25.1 Å². The maximum atomic E-state index is 12.9. The highest BCUT2D eigenvalue weighted by atomic mass is 19.1. The molecule has 27 heavy (non-hydrogen) atoms. The van der Waals surface area contributed by atoms with Crippen molar-refractivity contribution in [2.75, 3.05) is 11.9 Å². The average Bonchev–Trinajstić information content (AvgIpc) is 3.17. The molecule has 1 aromatic heterocycles. The Balaban J connectivity index is 1.56. The van der Waals surface area contributed by atoms with Gasteiger partial charge in [0, 0.05) is 18.3 Å². The zero-order valence-corrected chi connectivity index (χ0v) is 14.3. The molecule has 1 saturated heterocycles. The summed E-state index contributed by atoms with van der Waals surface area (Å²) in [6, 6.07) is 7.06. The second-order valence-electron chi connectivity index (χ2n) is 5.97. The molecule has 1 aromatic carbocycles. The second-order valence-corrected chi connectivity index (χ2v) is 5.97. The number of nitrogens with one attached hydrogen (secondary N) is 3. The van der Waals surface area contributed by atoms with E-state index in [1.54, 1.807) is 18.3 Å². The average molecular weight is 371 g/mol. The first-order valence-corrected chi connectivity index (χ1v) is 8.38. The normalized spacial score (nSPS) is 15.9. The SMILES string of the molecule is O=C(NNC(=O)N1CCCC1C(=O)Nc1cccnc1)c1ccc(F)cc1. The van der Waals surface area contributed by atoms with Crippen molar-refractivity contribution < 1.29 is 18.8 Å². The topological polar surface area (TPSA) is 103 Å². The number of hydrogen-bond donors (Lipinski definition) is 3. The number of likely N-dealkylation sites (tertiary alicyclic amines) is 1. The monoisotopic (exact) mass is 371 g/mol. The number of aromatic nitrogens is 1. The molecule has 0 saturated carbocycles. The van der Waals surface area contributed by atoms with E-state index in [0.717, 1.165) is 12.1 Å². The standard InChI is InChI=1S/C18H18FN5O3/c19-13-7-5-12(6-8-13)16(25)22-23-18(27)24-10-2-4-15(24)17(26)21-14-3-1-9-20-11-14/h1,3,5-9,11,15H,2,4,10H2,(H,21,26)(H,22,25)(H,23,27). The van der Waals surface area contributed by atoms with Crippen LogP contribution in [0.3, 0.4) is 0 Å². The molecular formula is C18H18FN5O3. The predicted molar refractivity (Wildman–Crippen MR) is 95.0 cm³/mol. The summed E-state index contributed by atoms with van der Waals surface area (Å²) in [5.74, 6) is -1.37. The van der Waals surface area contributed by atoms with Crippen LogP contribution in [0.1, 0.15) is 23.2 Å². The molecular weight excluding hydrogens is 353 g/mol. The van der Waals surface area contributed by atoms with Gasteiger partial charge in [-0.25, -0.2) is 14.6 Å². The molecule has 0 bridgehead atoms. The lowest BCUT2D eigenvalue weighted by molar-refractivity contribution is -0.119. The van der Waals surface area contributed by atoms with E-state index in [1.807, 2.05) is 0 Å². The molecule has 140 valence electrons. The molecule has 2 heterocycles. The van der Waals surface area contributed by atoms with Gasteiger partial charge in [-0.2, -0.15) is 0 Å². The highest BCUT2D eigenvalue weighted by Crippen LogP contribution is 2.19. The van der Waals surface area contributed by atoms with Crippen molar-refractivity contribution in [2.45, 2.75) is 18.9 Å². The van der Waals surface area contributed by atoms with Gasteiger partial charge < -0.3 is 10.2 Å². The van der Waals surface area contributed by atoms with Crippen molar-refractivity contribution in [1.29, 1.82) is 0 Å². The highest BCUT2D eigenvalue weighted by molar-refractivity contribution is 5.98. The van der Waals surface area contributed by atoms with E-state index < -0.39 is 23.8 Å². The number of hydrazine groups is 1. The summed E-state index contributed by atoms with van der Waals surface area (Å²) < 4.78 is 12.9. The fourth-order valence-corrected chi connectivity index (χ4v) is 2.80. The number of benzene rings is 1. The lowest BCUT2D eigenvalue weighted by Gasteiger charge is -2.24. The Labute approximate surface area is 154 Å². The van der Waals surface area contributed by atoms with E-state index in [-0.39, 0.29) is 11.5 Å². The van der Waals surface area contributed by atoms with E-state index in [4.69, 9.17) is 0 Å². The zero-order chi connectivity index (χ0) is 19.2. The van der Waals surface area contributed by atoms with Crippen LogP contribution < -0.4 is 16.2 Å². The van der Waals surface area contributed by atoms with E-state index >= 15 is 0 Å². The Hall–Kier alpha value is -3.49. The third-order valence-electron chi connectivity index (χ3n) is 4.13. The number of hydrogen-bond acceptors (Lipinski definition) is 4. The van der Waals surface area contributed by atoms with Gasteiger partial charge in [0.2, 0.25) is 5.91 Å². The van der Waals surface area contributed by atoms with Crippen molar-refractivity contribution in [1.82, 2.24) is 20.7 Å². The van der Waals surface area contributed by atoms with Crippen LogP contribution in [0.25, 0.3) is 0 Å². The summed E-state index contributed by atoms with van der Waals surface area (Å²) >= 11 is 0. The van der Waals surface area contributed by atoms with Gasteiger partial charge >= 0.3 is 6.03 Å². The minimum atomic E-state index is -0.645. The minimum absolute atomic E-state index is 0.198. The van der Waals surface area contributed by atoms with Crippen molar-refractivity contribution >= 4 is 23.5 Å². The van der Waals surface area contributed by atoms with Crippen LogP contribution in [0, 0.1) is 5.82 Å². The number of urea groups is 1. The largest absolute Gasteiger partial charge is 0.336 e. The zero-order valence-electron chi connectivity index (χ0n) is 14.3. The maximum absolute atomic E-state index is 12.9. The molecule has 8 nitrogen and oxygen atoms in total. The number of halogens is 1. The molecule has 0 spiro atoms. The van der Waals surface area contributed by atoms with Crippen LogP contribution in [0.2, 0.25) is 0 Å². The molecule has 0 radical (unpaired) electrons. The Morgan fingerprint density at radius 3 is 2.59 bits per heavy atom. The summed E-state index contributed by atoms with van der Waals surface area (Å²) in [7, 11) is 0. The molecule has 1 aliphatic heterocycles. The molecule has 3 N–H and O–H groups in total. The van der Waals surface area contributed by atoms with Gasteiger partial charge in [-0.05, 0) is 49.2 Å².